The maximum absolute atomic E-state index is 11.1. The van der Waals surface area contributed by atoms with E-state index in [4.69, 9.17) is 0 Å². The van der Waals surface area contributed by atoms with Crippen LogP contribution in [0.25, 0.3) is 10.8 Å². The van der Waals surface area contributed by atoms with Crippen LogP contribution in [0.1, 0.15) is 16.7 Å². The van der Waals surface area contributed by atoms with Gasteiger partial charge < -0.3 is 0 Å². The summed E-state index contributed by atoms with van der Waals surface area (Å²) in [5.74, 6) is 0. The molecule has 9 nitrogen and oxygen atoms in total. The Morgan fingerprint density at radius 2 is 1.29 bits per heavy atom. The highest BCUT2D eigenvalue weighted by Crippen LogP contribution is 2.36. The molecule has 0 aromatic heterocycles. The summed E-state index contributed by atoms with van der Waals surface area (Å²) in [6, 6.07) is 24.4. The maximum atomic E-state index is 11.1. The Labute approximate surface area is 194 Å². The van der Waals surface area contributed by atoms with Crippen LogP contribution in [-0.2, 0) is 0 Å². The first-order valence-electron chi connectivity index (χ1n) is 10.0. The summed E-state index contributed by atoms with van der Waals surface area (Å²) in [6.45, 7) is 2.00. The van der Waals surface area contributed by atoms with Crippen molar-refractivity contribution < 1.29 is 4.92 Å². The molecular weight excluding hydrogens is 430 g/mol. The summed E-state index contributed by atoms with van der Waals surface area (Å²) in [4.78, 5) is 10.4. The number of rotatable bonds is 5. The Balaban J connectivity index is 1.75. The zero-order chi connectivity index (χ0) is 24.1. The molecule has 4 rings (SSSR count). The van der Waals surface area contributed by atoms with E-state index in [0.717, 1.165) is 34.2 Å². The normalized spacial score (nSPS) is 11.0. The molecule has 34 heavy (non-hydrogen) atoms. The lowest BCUT2D eigenvalue weighted by Gasteiger charge is -2.05. The minimum absolute atomic E-state index is 0.0252. The SMILES string of the molecule is Cc1ccc(N=Nc2ccc(N=Nc3c(C#N)cc([N+](=O)[O-])cc3C#N)c3ccccc23)cc1. The number of nitro groups is 1. The number of hydrogen-bond acceptors (Lipinski definition) is 8. The topological polar surface area (TPSA) is 140 Å². The standard InChI is InChI=1S/C25H15N7O2/c1-16-6-8-19(9-7-16)28-29-23-10-11-24(22-5-3-2-4-21(22)23)30-31-25-17(14-26)12-20(32(33)34)13-18(25)15-27/h2-13H,1H3. The van der Waals surface area contributed by atoms with Crippen molar-refractivity contribution in [3.8, 4) is 12.1 Å². The minimum atomic E-state index is -0.667. The number of nitro benzene ring substituents is 1. The summed E-state index contributed by atoms with van der Waals surface area (Å²) in [5, 5.41) is 48.5. The van der Waals surface area contributed by atoms with E-state index >= 15 is 0 Å². The van der Waals surface area contributed by atoms with E-state index in [1.54, 1.807) is 12.1 Å². The number of azo groups is 2. The molecule has 4 aromatic carbocycles. The fraction of sp³-hybridized carbons (Fsp3) is 0.0400. The first-order chi connectivity index (χ1) is 16.5. The van der Waals surface area contributed by atoms with Crippen LogP contribution >= 0.6 is 0 Å². The van der Waals surface area contributed by atoms with Crippen molar-refractivity contribution in [3.05, 3.63) is 99.6 Å². The molecule has 9 heteroatoms. The predicted molar refractivity (Wildman–Crippen MR) is 126 cm³/mol. The van der Waals surface area contributed by atoms with E-state index < -0.39 is 4.92 Å². The molecule has 0 heterocycles. The summed E-state index contributed by atoms with van der Waals surface area (Å²) in [7, 11) is 0. The third kappa shape index (κ3) is 4.49. The van der Waals surface area contributed by atoms with Gasteiger partial charge in [-0.25, -0.2) is 0 Å². The van der Waals surface area contributed by atoms with E-state index in [1.165, 1.54) is 0 Å². The van der Waals surface area contributed by atoms with Crippen LogP contribution in [0.3, 0.4) is 0 Å². The zero-order valence-electron chi connectivity index (χ0n) is 17.9. The first-order valence-corrected chi connectivity index (χ1v) is 10.0. The smallest absolute Gasteiger partial charge is 0.258 e. The molecule has 0 radical (unpaired) electrons. The number of hydrogen-bond donors (Lipinski definition) is 0. The number of non-ortho nitro benzene ring substituents is 1. The number of nitrogens with zero attached hydrogens (tertiary/aromatic N) is 7. The molecule has 0 aliphatic carbocycles. The van der Waals surface area contributed by atoms with E-state index in [2.05, 4.69) is 20.5 Å². The molecular formula is C25H15N7O2. The lowest BCUT2D eigenvalue weighted by Crippen LogP contribution is -1.91. The van der Waals surface area contributed by atoms with Gasteiger partial charge >= 0.3 is 0 Å². The summed E-state index contributed by atoms with van der Waals surface area (Å²) in [5.41, 5.74) is 2.38. The van der Waals surface area contributed by atoms with Crippen molar-refractivity contribution in [2.75, 3.05) is 0 Å². The van der Waals surface area contributed by atoms with Gasteiger partial charge in [-0.15, -0.1) is 15.3 Å². The molecule has 0 bridgehead atoms. The average molecular weight is 445 g/mol. The van der Waals surface area contributed by atoms with Gasteiger partial charge in [-0.1, -0.05) is 42.0 Å². The van der Waals surface area contributed by atoms with Crippen LogP contribution in [0.15, 0.2) is 93.3 Å². The summed E-state index contributed by atoms with van der Waals surface area (Å²) in [6.07, 6.45) is 0. The second-order valence-corrected chi connectivity index (χ2v) is 7.26. The molecule has 0 aliphatic rings. The lowest BCUT2D eigenvalue weighted by atomic mass is 10.1. The summed E-state index contributed by atoms with van der Waals surface area (Å²) < 4.78 is 0. The van der Waals surface area contributed by atoms with Crippen molar-refractivity contribution >= 4 is 39.2 Å². The van der Waals surface area contributed by atoms with Gasteiger partial charge in [0.15, 0.2) is 0 Å². The molecule has 0 aliphatic heterocycles. The highest BCUT2D eigenvalue weighted by molar-refractivity contribution is 5.99. The maximum Gasteiger partial charge on any atom is 0.272 e. The second-order valence-electron chi connectivity index (χ2n) is 7.26. The van der Waals surface area contributed by atoms with Crippen molar-refractivity contribution in [1.82, 2.24) is 0 Å². The Morgan fingerprint density at radius 3 is 1.79 bits per heavy atom. The molecule has 0 atom stereocenters. The Bertz CT molecular complexity index is 1520. The van der Waals surface area contributed by atoms with Gasteiger partial charge in [0.2, 0.25) is 0 Å². The molecule has 0 amide bonds. The predicted octanol–water partition coefficient (Wildman–Crippen LogP) is 7.63. The molecule has 0 saturated carbocycles. The fourth-order valence-electron chi connectivity index (χ4n) is 3.27. The molecule has 0 fully saturated rings. The van der Waals surface area contributed by atoms with E-state index in [-0.39, 0.29) is 22.5 Å². The fourth-order valence-corrected chi connectivity index (χ4v) is 3.27. The summed E-state index contributed by atoms with van der Waals surface area (Å²) >= 11 is 0. The van der Waals surface area contributed by atoms with Gasteiger partial charge in [-0.05, 0) is 31.2 Å². The number of fused-ring (bicyclic) bond motifs is 1. The van der Waals surface area contributed by atoms with Gasteiger partial charge in [0.05, 0.1) is 33.1 Å². The molecule has 0 N–H and O–H groups in total. The van der Waals surface area contributed by atoms with Crippen LogP contribution in [-0.4, -0.2) is 4.92 Å². The molecule has 0 saturated heterocycles. The van der Waals surface area contributed by atoms with Crippen molar-refractivity contribution in [1.29, 1.82) is 10.5 Å². The van der Waals surface area contributed by atoms with Gasteiger partial charge in [0.25, 0.3) is 5.69 Å². The van der Waals surface area contributed by atoms with Gasteiger partial charge in [-0.2, -0.15) is 15.6 Å². The van der Waals surface area contributed by atoms with Crippen LogP contribution in [0.4, 0.5) is 28.4 Å². The monoisotopic (exact) mass is 445 g/mol. The highest BCUT2D eigenvalue weighted by atomic mass is 16.6. The average Bonchev–Trinajstić information content (AvgIpc) is 2.86. The van der Waals surface area contributed by atoms with Crippen molar-refractivity contribution in [3.63, 3.8) is 0 Å². The van der Waals surface area contributed by atoms with Gasteiger partial charge in [0.1, 0.15) is 17.8 Å². The van der Waals surface area contributed by atoms with Gasteiger partial charge in [0, 0.05) is 22.9 Å². The van der Waals surface area contributed by atoms with Gasteiger partial charge in [-0.3, -0.25) is 10.1 Å². The number of benzene rings is 4. The largest absolute Gasteiger partial charge is 0.272 e. The zero-order valence-corrected chi connectivity index (χ0v) is 17.9. The molecule has 0 unspecified atom stereocenters. The van der Waals surface area contributed by atoms with E-state index in [0.29, 0.717) is 11.4 Å². The quantitative estimate of drug-likeness (QED) is 0.177. The number of aryl methyl sites for hydroxylation is 1. The van der Waals surface area contributed by atoms with Crippen molar-refractivity contribution in [2.24, 2.45) is 20.5 Å². The van der Waals surface area contributed by atoms with Crippen LogP contribution in [0.2, 0.25) is 0 Å². The highest BCUT2D eigenvalue weighted by Gasteiger charge is 2.17. The molecule has 162 valence electrons. The van der Waals surface area contributed by atoms with Crippen LogP contribution in [0, 0.1) is 39.7 Å². The second kappa shape index (κ2) is 9.47. The van der Waals surface area contributed by atoms with Crippen LogP contribution < -0.4 is 0 Å². The van der Waals surface area contributed by atoms with E-state index in [9.17, 15) is 20.6 Å². The Hall–Kier alpha value is -5.28. The Kier molecular flexibility index (Phi) is 6.11. The van der Waals surface area contributed by atoms with E-state index in [1.807, 2.05) is 67.6 Å². The molecule has 4 aromatic rings. The third-order valence-corrected chi connectivity index (χ3v) is 4.99. The Morgan fingerprint density at radius 1 is 0.765 bits per heavy atom. The lowest BCUT2D eigenvalue weighted by molar-refractivity contribution is -0.384. The molecule has 0 spiro atoms. The first kappa shape index (κ1) is 21.9. The third-order valence-electron chi connectivity index (χ3n) is 4.99. The minimum Gasteiger partial charge on any atom is -0.258 e. The van der Waals surface area contributed by atoms with Crippen molar-refractivity contribution in [2.45, 2.75) is 6.92 Å². The van der Waals surface area contributed by atoms with Crippen LogP contribution in [0.5, 0.6) is 0 Å². The number of nitriles is 2.